The fraction of sp³-hybridized carbons (Fsp3) is 0.500. The van der Waals surface area contributed by atoms with Crippen LogP contribution in [-0.4, -0.2) is 4.98 Å². The molecule has 1 N–H and O–H groups in total. The van der Waals surface area contributed by atoms with Crippen molar-refractivity contribution < 1.29 is 0 Å². The van der Waals surface area contributed by atoms with Gasteiger partial charge in [-0.15, -0.1) is 0 Å². The Morgan fingerprint density at radius 2 is 1.40 bits per heavy atom. The van der Waals surface area contributed by atoms with E-state index < -0.39 is 0 Å². The monoisotopic (exact) mass is 335 g/mol. The Balaban J connectivity index is 1.91. The molecule has 1 nitrogen and oxygen atoms in total. The molecule has 0 radical (unpaired) electrons. The highest BCUT2D eigenvalue weighted by molar-refractivity contribution is 6.08. The molecule has 1 heteroatoms. The van der Waals surface area contributed by atoms with Crippen LogP contribution >= 0.6 is 0 Å². The summed E-state index contributed by atoms with van der Waals surface area (Å²) in [5.41, 5.74) is 5.83. The van der Waals surface area contributed by atoms with E-state index in [9.17, 15) is 0 Å². The van der Waals surface area contributed by atoms with Gasteiger partial charge in [-0.3, -0.25) is 0 Å². The SMILES string of the molecule is CCCCCCc1ccc2c([nH]c3ccccc32)c1CCCCCC. The summed E-state index contributed by atoms with van der Waals surface area (Å²) in [5, 5.41) is 2.77. The molecule has 0 fully saturated rings. The minimum atomic E-state index is 1.22. The summed E-state index contributed by atoms with van der Waals surface area (Å²) >= 11 is 0. The maximum Gasteiger partial charge on any atom is 0.0500 e. The molecule has 25 heavy (non-hydrogen) atoms. The third kappa shape index (κ3) is 4.26. The van der Waals surface area contributed by atoms with Gasteiger partial charge in [0, 0.05) is 21.8 Å². The summed E-state index contributed by atoms with van der Waals surface area (Å²) in [4.78, 5) is 3.73. The van der Waals surface area contributed by atoms with Crippen LogP contribution in [0.1, 0.15) is 76.3 Å². The van der Waals surface area contributed by atoms with Crippen molar-refractivity contribution in [1.82, 2.24) is 4.98 Å². The molecular formula is C24H33N. The van der Waals surface area contributed by atoms with E-state index in [0.717, 1.165) is 0 Å². The lowest BCUT2D eigenvalue weighted by atomic mass is 9.94. The molecule has 0 bridgehead atoms. The zero-order valence-corrected chi connectivity index (χ0v) is 16.0. The van der Waals surface area contributed by atoms with Crippen LogP contribution in [0.4, 0.5) is 0 Å². The van der Waals surface area contributed by atoms with Crippen LogP contribution < -0.4 is 0 Å². The smallest absolute Gasteiger partial charge is 0.0500 e. The number of aromatic nitrogens is 1. The molecule has 1 aromatic heterocycles. The van der Waals surface area contributed by atoms with Crippen molar-refractivity contribution in [3.63, 3.8) is 0 Å². The highest BCUT2D eigenvalue weighted by Crippen LogP contribution is 2.31. The Bertz CT molecular complexity index is 796. The Labute approximate surface area is 152 Å². The van der Waals surface area contributed by atoms with E-state index in [4.69, 9.17) is 0 Å². The van der Waals surface area contributed by atoms with E-state index >= 15 is 0 Å². The second-order valence-electron chi connectivity index (χ2n) is 7.42. The first-order chi connectivity index (χ1) is 12.3. The summed E-state index contributed by atoms with van der Waals surface area (Å²) in [5.74, 6) is 0. The van der Waals surface area contributed by atoms with Crippen LogP contribution in [0, 0.1) is 0 Å². The van der Waals surface area contributed by atoms with Gasteiger partial charge < -0.3 is 4.98 Å². The van der Waals surface area contributed by atoms with Gasteiger partial charge in [-0.25, -0.2) is 0 Å². The third-order valence-electron chi connectivity index (χ3n) is 5.47. The number of unbranched alkanes of at least 4 members (excludes halogenated alkanes) is 6. The lowest BCUT2D eigenvalue weighted by Crippen LogP contribution is -1.97. The molecule has 0 unspecified atom stereocenters. The van der Waals surface area contributed by atoms with Gasteiger partial charge in [0.1, 0.15) is 0 Å². The quantitative estimate of drug-likeness (QED) is 0.368. The molecule has 2 aromatic carbocycles. The molecule has 0 saturated heterocycles. The minimum Gasteiger partial charge on any atom is -0.354 e. The largest absolute Gasteiger partial charge is 0.354 e. The average molecular weight is 336 g/mol. The van der Waals surface area contributed by atoms with Crippen molar-refractivity contribution in [2.45, 2.75) is 78.1 Å². The van der Waals surface area contributed by atoms with E-state index in [0.29, 0.717) is 0 Å². The van der Waals surface area contributed by atoms with Crippen LogP contribution in [0.3, 0.4) is 0 Å². The van der Waals surface area contributed by atoms with Gasteiger partial charge in [-0.2, -0.15) is 0 Å². The lowest BCUT2D eigenvalue weighted by Gasteiger charge is -2.11. The molecule has 0 amide bonds. The summed E-state index contributed by atoms with van der Waals surface area (Å²) in [7, 11) is 0. The molecule has 0 saturated carbocycles. The van der Waals surface area contributed by atoms with Crippen LogP contribution in [-0.2, 0) is 12.8 Å². The fourth-order valence-electron chi connectivity index (χ4n) is 4.01. The second-order valence-corrected chi connectivity index (χ2v) is 7.42. The highest BCUT2D eigenvalue weighted by Gasteiger charge is 2.12. The number of nitrogens with one attached hydrogen (secondary N) is 1. The zero-order valence-electron chi connectivity index (χ0n) is 16.0. The molecule has 3 aromatic rings. The first-order valence-electron chi connectivity index (χ1n) is 10.4. The van der Waals surface area contributed by atoms with Gasteiger partial charge in [-0.05, 0) is 42.9 Å². The molecule has 3 rings (SSSR count). The number of hydrogen-bond acceptors (Lipinski definition) is 0. The standard InChI is InChI=1S/C24H33N/c1-3-5-7-9-13-19-17-18-22-21-15-11-12-16-23(21)25-24(22)20(19)14-10-8-6-4-2/h11-12,15-18,25H,3-10,13-14H2,1-2H3. The number of para-hydroxylation sites is 1. The van der Waals surface area contributed by atoms with Gasteiger partial charge in [0.2, 0.25) is 0 Å². The Morgan fingerprint density at radius 1 is 0.680 bits per heavy atom. The van der Waals surface area contributed by atoms with Crippen molar-refractivity contribution in [3.8, 4) is 0 Å². The van der Waals surface area contributed by atoms with E-state index in [-0.39, 0.29) is 0 Å². The lowest BCUT2D eigenvalue weighted by molar-refractivity contribution is 0.652. The molecule has 0 aliphatic heterocycles. The summed E-state index contributed by atoms with van der Waals surface area (Å²) < 4.78 is 0. The van der Waals surface area contributed by atoms with E-state index in [1.54, 1.807) is 11.1 Å². The van der Waals surface area contributed by atoms with Gasteiger partial charge in [0.15, 0.2) is 0 Å². The van der Waals surface area contributed by atoms with Gasteiger partial charge in [0.05, 0.1) is 0 Å². The van der Waals surface area contributed by atoms with E-state index in [1.165, 1.54) is 86.0 Å². The topological polar surface area (TPSA) is 15.8 Å². The van der Waals surface area contributed by atoms with Crippen LogP contribution in [0.5, 0.6) is 0 Å². The maximum atomic E-state index is 3.73. The third-order valence-corrected chi connectivity index (χ3v) is 5.47. The zero-order chi connectivity index (χ0) is 17.5. The molecule has 134 valence electrons. The Kier molecular flexibility index (Phi) is 6.55. The molecular weight excluding hydrogens is 302 g/mol. The number of benzene rings is 2. The number of hydrogen-bond donors (Lipinski definition) is 1. The minimum absolute atomic E-state index is 1.22. The molecule has 1 heterocycles. The maximum absolute atomic E-state index is 3.73. The highest BCUT2D eigenvalue weighted by atomic mass is 14.7. The van der Waals surface area contributed by atoms with E-state index in [1.807, 2.05) is 0 Å². The Morgan fingerprint density at radius 3 is 2.16 bits per heavy atom. The van der Waals surface area contributed by atoms with Gasteiger partial charge >= 0.3 is 0 Å². The van der Waals surface area contributed by atoms with Crippen LogP contribution in [0.15, 0.2) is 36.4 Å². The average Bonchev–Trinajstić information content (AvgIpc) is 3.02. The fourth-order valence-corrected chi connectivity index (χ4v) is 4.01. The summed E-state index contributed by atoms with van der Waals surface area (Å²) in [6.45, 7) is 4.58. The number of aryl methyl sites for hydroxylation is 2. The summed E-state index contributed by atoms with van der Waals surface area (Å²) in [6, 6.07) is 13.5. The van der Waals surface area contributed by atoms with E-state index in [2.05, 4.69) is 55.2 Å². The number of H-pyrrole nitrogens is 1. The van der Waals surface area contributed by atoms with Crippen molar-refractivity contribution in [1.29, 1.82) is 0 Å². The molecule has 0 atom stereocenters. The molecule has 0 aliphatic rings. The summed E-state index contributed by atoms with van der Waals surface area (Å²) in [6.07, 6.45) is 13.1. The van der Waals surface area contributed by atoms with Crippen LogP contribution in [0.25, 0.3) is 21.8 Å². The van der Waals surface area contributed by atoms with Crippen molar-refractivity contribution in [2.24, 2.45) is 0 Å². The normalized spacial score (nSPS) is 11.6. The number of fused-ring (bicyclic) bond motifs is 3. The predicted octanol–water partition coefficient (Wildman–Crippen LogP) is 7.57. The second kappa shape index (κ2) is 9.08. The first kappa shape index (κ1) is 18.0. The van der Waals surface area contributed by atoms with Gasteiger partial charge in [-0.1, -0.05) is 82.7 Å². The Hall–Kier alpha value is -1.76. The predicted molar refractivity (Wildman–Crippen MR) is 111 cm³/mol. The van der Waals surface area contributed by atoms with Crippen LogP contribution in [0.2, 0.25) is 0 Å². The number of rotatable bonds is 10. The van der Waals surface area contributed by atoms with Crippen molar-refractivity contribution >= 4 is 21.8 Å². The van der Waals surface area contributed by atoms with Gasteiger partial charge in [0.25, 0.3) is 0 Å². The van der Waals surface area contributed by atoms with Crippen molar-refractivity contribution in [3.05, 3.63) is 47.5 Å². The first-order valence-corrected chi connectivity index (χ1v) is 10.4. The molecule has 0 spiro atoms. The van der Waals surface area contributed by atoms with Crippen molar-refractivity contribution in [2.75, 3.05) is 0 Å². The molecule has 0 aliphatic carbocycles. The number of aromatic amines is 1.